The number of anilines is 1. The van der Waals surface area contributed by atoms with Crippen LogP contribution in [0, 0.1) is 5.82 Å². The Kier molecular flexibility index (Phi) is 8.61. The minimum atomic E-state index is -4.30. The van der Waals surface area contributed by atoms with E-state index in [9.17, 15) is 17.6 Å². The molecule has 0 aliphatic carbocycles. The zero-order valence-electron chi connectivity index (χ0n) is 19.6. The van der Waals surface area contributed by atoms with Crippen LogP contribution in [-0.2, 0) is 23.0 Å². The summed E-state index contributed by atoms with van der Waals surface area (Å²) in [6, 6.07) is 26.3. The van der Waals surface area contributed by atoms with E-state index in [2.05, 4.69) is 5.32 Å². The molecule has 0 unspecified atom stereocenters. The van der Waals surface area contributed by atoms with Crippen molar-refractivity contribution in [3.63, 3.8) is 0 Å². The van der Waals surface area contributed by atoms with Crippen LogP contribution in [0.3, 0.4) is 0 Å². The van der Waals surface area contributed by atoms with Gasteiger partial charge < -0.3 is 5.32 Å². The molecule has 0 aliphatic heterocycles. The summed E-state index contributed by atoms with van der Waals surface area (Å²) in [5, 5.41) is 3.20. The Bertz CT molecular complexity index is 1500. The molecule has 0 atom stereocenters. The highest BCUT2D eigenvalue weighted by Crippen LogP contribution is 2.27. The highest BCUT2D eigenvalue weighted by atomic mass is 35.5. The SMILES string of the molecule is O=C(Nc1ccc(Cl)c(Cl)c1)c1ccc(F)c(S(=O)(=O)N(CCc2ccccc2)Cc2ccccc2)c1. The molecule has 1 N–H and O–H groups in total. The van der Waals surface area contributed by atoms with E-state index in [-0.39, 0.29) is 23.7 Å². The van der Waals surface area contributed by atoms with Gasteiger partial charge in [0.05, 0.1) is 10.0 Å². The van der Waals surface area contributed by atoms with Gasteiger partial charge in [-0.1, -0.05) is 83.9 Å². The van der Waals surface area contributed by atoms with E-state index >= 15 is 0 Å². The molecule has 0 aromatic heterocycles. The van der Waals surface area contributed by atoms with Crippen molar-refractivity contribution in [2.45, 2.75) is 17.9 Å². The van der Waals surface area contributed by atoms with Gasteiger partial charge in [0.1, 0.15) is 10.7 Å². The monoisotopic (exact) mass is 556 g/mol. The lowest BCUT2D eigenvalue weighted by molar-refractivity contribution is 0.102. The van der Waals surface area contributed by atoms with Gasteiger partial charge >= 0.3 is 0 Å². The highest BCUT2D eigenvalue weighted by molar-refractivity contribution is 7.89. The van der Waals surface area contributed by atoms with Crippen LogP contribution in [0.15, 0.2) is 102 Å². The van der Waals surface area contributed by atoms with Gasteiger partial charge in [0.15, 0.2) is 0 Å². The van der Waals surface area contributed by atoms with Crippen molar-refractivity contribution in [2.75, 3.05) is 11.9 Å². The molecule has 9 heteroatoms. The standard InChI is InChI=1S/C28H23Cl2FN2O3S/c29-24-13-12-23(18-25(24)30)32-28(34)22-11-14-26(31)27(17-22)37(35,36)33(19-21-9-5-2-6-10-21)16-15-20-7-3-1-4-8-20/h1-14,17-18H,15-16,19H2,(H,32,34). The summed E-state index contributed by atoms with van der Waals surface area (Å²) in [5.74, 6) is -1.56. The van der Waals surface area contributed by atoms with Crippen LogP contribution in [-0.4, -0.2) is 25.2 Å². The summed E-state index contributed by atoms with van der Waals surface area (Å²) in [4.78, 5) is 12.3. The van der Waals surface area contributed by atoms with Crippen molar-refractivity contribution in [3.05, 3.63) is 130 Å². The number of carbonyl (C=O) groups excluding carboxylic acids is 1. The van der Waals surface area contributed by atoms with Gasteiger partial charge in [0.2, 0.25) is 10.0 Å². The third-order valence-corrected chi connectivity index (χ3v) is 8.28. The average Bonchev–Trinajstić information content (AvgIpc) is 2.90. The molecule has 4 rings (SSSR count). The highest BCUT2D eigenvalue weighted by Gasteiger charge is 2.29. The van der Waals surface area contributed by atoms with Crippen LogP contribution in [0.4, 0.5) is 10.1 Å². The second kappa shape index (κ2) is 11.9. The van der Waals surface area contributed by atoms with Crippen LogP contribution in [0.25, 0.3) is 0 Å². The Balaban J connectivity index is 1.64. The van der Waals surface area contributed by atoms with Gasteiger partial charge in [0.25, 0.3) is 5.91 Å². The fourth-order valence-electron chi connectivity index (χ4n) is 3.73. The van der Waals surface area contributed by atoms with Crippen LogP contribution in [0.5, 0.6) is 0 Å². The topological polar surface area (TPSA) is 66.5 Å². The summed E-state index contributed by atoms with van der Waals surface area (Å²) in [5.41, 5.74) is 2.05. The molecule has 0 bridgehead atoms. The molecule has 0 aliphatic rings. The van der Waals surface area contributed by atoms with E-state index in [1.54, 1.807) is 6.07 Å². The first kappa shape index (κ1) is 26.8. The number of benzene rings is 4. The Morgan fingerprint density at radius 1 is 0.811 bits per heavy atom. The Labute approximate surface area is 225 Å². The molecule has 0 saturated heterocycles. The number of halogens is 3. The molecule has 4 aromatic carbocycles. The fraction of sp³-hybridized carbons (Fsp3) is 0.107. The predicted molar refractivity (Wildman–Crippen MR) is 145 cm³/mol. The predicted octanol–water partition coefficient (Wildman–Crippen LogP) is 6.82. The van der Waals surface area contributed by atoms with Crippen molar-refractivity contribution in [1.29, 1.82) is 0 Å². The van der Waals surface area contributed by atoms with Gasteiger partial charge in [-0.05, 0) is 53.9 Å². The minimum Gasteiger partial charge on any atom is -0.322 e. The number of sulfonamides is 1. The number of nitrogens with zero attached hydrogens (tertiary/aromatic N) is 1. The lowest BCUT2D eigenvalue weighted by Gasteiger charge is -2.23. The molecule has 0 heterocycles. The maximum Gasteiger partial charge on any atom is 0.255 e. The van der Waals surface area contributed by atoms with E-state index in [1.165, 1.54) is 22.5 Å². The quantitative estimate of drug-likeness (QED) is 0.246. The van der Waals surface area contributed by atoms with E-state index in [0.717, 1.165) is 23.3 Å². The number of hydrogen-bond acceptors (Lipinski definition) is 3. The summed E-state index contributed by atoms with van der Waals surface area (Å²) >= 11 is 11.9. The number of carbonyl (C=O) groups is 1. The van der Waals surface area contributed by atoms with Crippen LogP contribution >= 0.6 is 23.2 Å². The van der Waals surface area contributed by atoms with Crippen molar-refractivity contribution < 1.29 is 17.6 Å². The molecular weight excluding hydrogens is 534 g/mol. The van der Waals surface area contributed by atoms with E-state index < -0.39 is 26.6 Å². The molecule has 0 fully saturated rings. The second-order valence-electron chi connectivity index (χ2n) is 8.29. The van der Waals surface area contributed by atoms with Gasteiger partial charge in [-0.2, -0.15) is 4.31 Å². The van der Waals surface area contributed by atoms with Crippen LogP contribution < -0.4 is 5.32 Å². The average molecular weight is 557 g/mol. The van der Waals surface area contributed by atoms with Crippen molar-refractivity contribution in [2.24, 2.45) is 0 Å². The third-order valence-electron chi connectivity index (χ3n) is 5.68. The van der Waals surface area contributed by atoms with Gasteiger partial charge in [-0.3, -0.25) is 4.79 Å². The van der Waals surface area contributed by atoms with Crippen LogP contribution in [0.1, 0.15) is 21.5 Å². The first-order chi connectivity index (χ1) is 17.7. The zero-order chi connectivity index (χ0) is 26.4. The van der Waals surface area contributed by atoms with E-state index in [4.69, 9.17) is 23.2 Å². The summed E-state index contributed by atoms with van der Waals surface area (Å²) in [7, 11) is -4.30. The smallest absolute Gasteiger partial charge is 0.255 e. The molecule has 0 radical (unpaired) electrons. The molecule has 1 amide bonds. The number of amides is 1. The maximum absolute atomic E-state index is 14.9. The van der Waals surface area contributed by atoms with Gasteiger partial charge in [-0.25, -0.2) is 12.8 Å². The first-order valence-electron chi connectivity index (χ1n) is 11.4. The molecule has 5 nitrogen and oxygen atoms in total. The summed E-state index contributed by atoms with van der Waals surface area (Å²) < 4.78 is 43.6. The van der Waals surface area contributed by atoms with Gasteiger partial charge in [-0.15, -0.1) is 0 Å². The molecule has 4 aromatic rings. The minimum absolute atomic E-state index is 0.0197. The van der Waals surface area contributed by atoms with E-state index in [1.807, 2.05) is 60.7 Å². The second-order valence-corrected chi connectivity index (χ2v) is 11.0. The first-order valence-corrected chi connectivity index (χ1v) is 13.6. The summed E-state index contributed by atoms with van der Waals surface area (Å²) in [6.07, 6.45) is 0.437. The van der Waals surface area contributed by atoms with Crippen molar-refractivity contribution in [1.82, 2.24) is 4.31 Å². The lowest BCUT2D eigenvalue weighted by Crippen LogP contribution is -2.33. The molecular formula is C28H23Cl2FN2O3S. The molecule has 37 heavy (non-hydrogen) atoms. The number of nitrogens with one attached hydrogen (secondary N) is 1. The normalized spacial score (nSPS) is 11.5. The summed E-state index contributed by atoms with van der Waals surface area (Å²) in [6.45, 7) is 0.176. The Hall–Kier alpha value is -3.23. The lowest BCUT2D eigenvalue weighted by atomic mass is 10.1. The Morgan fingerprint density at radius 2 is 1.46 bits per heavy atom. The van der Waals surface area contributed by atoms with E-state index in [0.29, 0.717) is 17.1 Å². The van der Waals surface area contributed by atoms with Crippen molar-refractivity contribution in [3.8, 4) is 0 Å². The van der Waals surface area contributed by atoms with Gasteiger partial charge in [0, 0.05) is 24.3 Å². The maximum atomic E-state index is 14.9. The van der Waals surface area contributed by atoms with Crippen molar-refractivity contribution >= 4 is 44.8 Å². The Morgan fingerprint density at radius 3 is 2.11 bits per heavy atom. The molecule has 190 valence electrons. The third kappa shape index (κ3) is 6.76. The molecule has 0 saturated carbocycles. The van der Waals surface area contributed by atoms with Crippen LogP contribution in [0.2, 0.25) is 10.0 Å². The zero-order valence-corrected chi connectivity index (χ0v) is 21.9. The fourth-order valence-corrected chi connectivity index (χ4v) is 5.55. The number of rotatable bonds is 9. The largest absolute Gasteiger partial charge is 0.322 e. The number of hydrogen-bond donors (Lipinski definition) is 1. The molecule has 0 spiro atoms.